The average molecular weight is 378 g/mol. The van der Waals surface area contributed by atoms with Gasteiger partial charge in [-0.05, 0) is 48.7 Å². The lowest BCUT2D eigenvalue weighted by Crippen LogP contribution is -2.19. The van der Waals surface area contributed by atoms with E-state index in [2.05, 4.69) is 5.32 Å². The van der Waals surface area contributed by atoms with Crippen LogP contribution in [0.15, 0.2) is 54.6 Å². The first-order chi connectivity index (χ1) is 13.5. The fraction of sp³-hybridized carbons (Fsp3) is 0.227. The predicted molar refractivity (Wildman–Crippen MR) is 107 cm³/mol. The number of para-hydroxylation sites is 1. The van der Waals surface area contributed by atoms with Gasteiger partial charge in [-0.1, -0.05) is 25.1 Å². The first kappa shape index (κ1) is 19.4. The summed E-state index contributed by atoms with van der Waals surface area (Å²) < 4.78 is 7.04. The van der Waals surface area contributed by atoms with Gasteiger partial charge in [0, 0.05) is 28.9 Å². The minimum atomic E-state index is -0.468. The minimum absolute atomic E-state index is 0.0502. The summed E-state index contributed by atoms with van der Waals surface area (Å²) in [5, 5.41) is 3.77. The zero-order valence-electron chi connectivity index (χ0n) is 15.9. The summed E-state index contributed by atoms with van der Waals surface area (Å²) in [5.41, 5.74) is 2.95. The standard InChI is InChI=1S/C22H22N2O4/c1-3-21(26)23-18-10-8-16(9-11-18)20(25)14-28-22(27)13-24-15(2)12-17-6-4-5-7-19(17)24/h4-12H,3,13-14H2,1-2H3,(H,23,26). The Morgan fingerprint density at radius 2 is 1.75 bits per heavy atom. The van der Waals surface area contributed by atoms with E-state index in [0.717, 1.165) is 16.6 Å². The summed E-state index contributed by atoms with van der Waals surface area (Å²) in [6.07, 6.45) is 0.382. The van der Waals surface area contributed by atoms with E-state index in [1.807, 2.05) is 41.8 Å². The molecule has 3 aromatic rings. The summed E-state index contributed by atoms with van der Waals surface area (Å²) >= 11 is 0. The molecular weight excluding hydrogens is 356 g/mol. The van der Waals surface area contributed by atoms with E-state index < -0.39 is 5.97 Å². The number of hydrogen-bond donors (Lipinski definition) is 1. The number of esters is 1. The lowest BCUT2D eigenvalue weighted by Gasteiger charge is -2.09. The van der Waals surface area contributed by atoms with Crippen LogP contribution in [0.5, 0.6) is 0 Å². The van der Waals surface area contributed by atoms with Gasteiger partial charge in [0.1, 0.15) is 6.54 Å². The van der Waals surface area contributed by atoms with Gasteiger partial charge in [-0.15, -0.1) is 0 Å². The molecule has 0 bridgehead atoms. The van der Waals surface area contributed by atoms with Gasteiger partial charge in [0.25, 0.3) is 0 Å². The van der Waals surface area contributed by atoms with E-state index in [1.54, 1.807) is 31.2 Å². The highest BCUT2D eigenvalue weighted by atomic mass is 16.5. The summed E-state index contributed by atoms with van der Waals surface area (Å²) in [4.78, 5) is 35.8. The largest absolute Gasteiger partial charge is 0.456 e. The van der Waals surface area contributed by atoms with E-state index in [0.29, 0.717) is 17.7 Å². The summed E-state index contributed by atoms with van der Waals surface area (Å²) in [6, 6.07) is 16.3. The third kappa shape index (κ3) is 4.46. The average Bonchev–Trinajstić information content (AvgIpc) is 3.02. The van der Waals surface area contributed by atoms with Gasteiger partial charge in [0.05, 0.1) is 0 Å². The van der Waals surface area contributed by atoms with Crippen LogP contribution in [0.2, 0.25) is 0 Å². The molecule has 0 saturated heterocycles. The number of Topliss-reactive ketones (excluding diaryl/α,β-unsaturated/α-hetero) is 1. The molecule has 1 amide bonds. The van der Waals surface area contributed by atoms with Crippen LogP contribution in [0.25, 0.3) is 10.9 Å². The molecule has 0 radical (unpaired) electrons. The van der Waals surface area contributed by atoms with Gasteiger partial charge in [0.15, 0.2) is 12.4 Å². The van der Waals surface area contributed by atoms with Crippen LogP contribution in [0.3, 0.4) is 0 Å². The lowest BCUT2D eigenvalue weighted by atomic mass is 10.1. The number of carbonyl (C=O) groups is 3. The monoisotopic (exact) mass is 378 g/mol. The Bertz CT molecular complexity index is 1020. The Labute approximate surface area is 163 Å². The van der Waals surface area contributed by atoms with Crippen LogP contribution in [0.1, 0.15) is 29.4 Å². The lowest BCUT2D eigenvalue weighted by molar-refractivity contribution is -0.143. The first-order valence-corrected chi connectivity index (χ1v) is 9.11. The van der Waals surface area contributed by atoms with Crippen LogP contribution < -0.4 is 5.32 Å². The second-order valence-corrected chi connectivity index (χ2v) is 6.49. The van der Waals surface area contributed by atoms with Crippen LogP contribution in [-0.2, 0) is 20.9 Å². The Morgan fingerprint density at radius 3 is 2.46 bits per heavy atom. The molecule has 0 atom stereocenters. The molecule has 6 heteroatoms. The number of ketones is 1. The molecule has 144 valence electrons. The zero-order chi connectivity index (χ0) is 20.1. The van der Waals surface area contributed by atoms with E-state index in [9.17, 15) is 14.4 Å². The van der Waals surface area contributed by atoms with Gasteiger partial charge in [-0.3, -0.25) is 14.4 Å². The molecule has 0 aliphatic rings. The number of rotatable bonds is 7. The predicted octanol–water partition coefficient (Wildman–Crippen LogP) is 3.72. The van der Waals surface area contributed by atoms with Crippen molar-refractivity contribution in [3.05, 3.63) is 65.9 Å². The molecule has 0 aliphatic heterocycles. The van der Waals surface area contributed by atoms with Crippen molar-refractivity contribution in [2.75, 3.05) is 11.9 Å². The van der Waals surface area contributed by atoms with Crippen molar-refractivity contribution in [3.8, 4) is 0 Å². The quantitative estimate of drug-likeness (QED) is 0.502. The number of aryl methyl sites for hydroxylation is 1. The second kappa shape index (κ2) is 8.52. The number of aromatic nitrogens is 1. The van der Waals surface area contributed by atoms with E-state index in [4.69, 9.17) is 4.74 Å². The molecule has 0 aliphatic carbocycles. The molecule has 0 fully saturated rings. The molecule has 28 heavy (non-hydrogen) atoms. The Morgan fingerprint density at radius 1 is 1.04 bits per heavy atom. The maximum absolute atomic E-state index is 12.2. The van der Waals surface area contributed by atoms with Crippen LogP contribution in [0, 0.1) is 6.92 Å². The maximum Gasteiger partial charge on any atom is 0.326 e. The van der Waals surface area contributed by atoms with Gasteiger partial charge in [0.2, 0.25) is 5.91 Å². The highest BCUT2D eigenvalue weighted by Gasteiger charge is 2.13. The van der Waals surface area contributed by atoms with Crippen LogP contribution in [0.4, 0.5) is 5.69 Å². The Balaban J connectivity index is 1.57. The highest BCUT2D eigenvalue weighted by molar-refractivity contribution is 5.99. The number of hydrogen-bond acceptors (Lipinski definition) is 4. The van der Waals surface area contributed by atoms with Crippen LogP contribution >= 0.6 is 0 Å². The molecule has 1 N–H and O–H groups in total. The molecular formula is C22H22N2O4. The van der Waals surface area contributed by atoms with Crippen LogP contribution in [-0.4, -0.2) is 28.8 Å². The third-order valence-electron chi connectivity index (χ3n) is 4.48. The fourth-order valence-electron chi connectivity index (χ4n) is 2.95. The van der Waals surface area contributed by atoms with Crippen molar-refractivity contribution < 1.29 is 19.1 Å². The third-order valence-corrected chi connectivity index (χ3v) is 4.48. The molecule has 1 aromatic heterocycles. The van der Waals surface area contributed by atoms with Gasteiger partial charge in [-0.2, -0.15) is 0 Å². The fourth-order valence-corrected chi connectivity index (χ4v) is 2.95. The van der Waals surface area contributed by atoms with Crippen molar-refractivity contribution >= 4 is 34.3 Å². The molecule has 0 saturated carbocycles. The van der Waals surface area contributed by atoms with Gasteiger partial charge >= 0.3 is 5.97 Å². The number of anilines is 1. The van der Waals surface area contributed by atoms with Crippen molar-refractivity contribution in [2.45, 2.75) is 26.8 Å². The van der Waals surface area contributed by atoms with Gasteiger partial charge in [-0.25, -0.2) is 0 Å². The number of benzene rings is 2. The normalized spacial score (nSPS) is 10.6. The zero-order valence-corrected chi connectivity index (χ0v) is 15.9. The topological polar surface area (TPSA) is 77.4 Å². The Kier molecular flexibility index (Phi) is 5.89. The number of amides is 1. The van der Waals surface area contributed by atoms with E-state index in [-0.39, 0.29) is 24.8 Å². The smallest absolute Gasteiger partial charge is 0.326 e. The molecule has 6 nitrogen and oxygen atoms in total. The van der Waals surface area contributed by atoms with E-state index >= 15 is 0 Å². The highest BCUT2D eigenvalue weighted by Crippen LogP contribution is 2.19. The first-order valence-electron chi connectivity index (χ1n) is 9.11. The molecule has 2 aromatic carbocycles. The molecule has 0 spiro atoms. The van der Waals surface area contributed by atoms with Crippen molar-refractivity contribution in [3.63, 3.8) is 0 Å². The minimum Gasteiger partial charge on any atom is -0.456 e. The number of nitrogens with one attached hydrogen (secondary N) is 1. The molecule has 3 rings (SSSR count). The van der Waals surface area contributed by atoms with Gasteiger partial charge < -0.3 is 14.6 Å². The Hall–Kier alpha value is -3.41. The van der Waals surface area contributed by atoms with Crippen molar-refractivity contribution in [2.24, 2.45) is 0 Å². The summed E-state index contributed by atoms with van der Waals surface area (Å²) in [5.74, 6) is -0.860. The number of fused-ring (bicyclic) bond motifs is 1. The number of carbonyl (C=O) groups excluding carboxylic acids is 3. The van der Waals surface area contributed by atoms with Crippen molar-refractivity contribution in [1.82, 2.24) is 4.57 Å². The maximum atomic E-state index is 12.2. The molecule has 1 heterocycles. The summed E-state index contributed by atoms with van der Waals surface area (Å²) in [7, 11) is 0. The number of ether oxygens (including phenoxy) is 1. The molecule has 0 unspecified atom stereocenters. The van der Waals surface area contributed by atoms with Crippen molar-refractivity contribution in [1.29, 1.82) is 0 Å². The number of nitrogens with zero attached hydrogens (tertiary/aromatic N) is 1. The SMILES string of the molecule is CCC(=O)Nc1ccc(C(=O)COC(=O)Cn2c(C)cc3ccccc32)cc1. The summed E-state index contributed by atoms with van der Waals surface area (Å²) in [6.45, 7) is 3.42. The second-order valence-electron chi connectivity index (χ2n) is 6.49. The van der Waals surface area contributed by atoms with E-state index in [1.165, 1.54) is 0 Å².